The van der Waals surface area contributed by atoms with Gasteiger partial charge in [-0.25, -0.2) is 0 Å². The van der Waals surface area contributed by atoms with Gasteiger partial charge in [0, 0.05) is 33.0 Å². The predicted molar refractivity (Wildman–Crippen MR) is 329 cm³/mol. The maximum Gasteiger partial charge on any atom is 0.254 e. The summed E-state index contributed by atoms with van der Waals surface area (Å²) < 4.78 is 1.41. The Hall–Kier alpha value is -5.06. The zero-order valence-electron chi connectivity index (χ0n) is 49.4. The van der Waals surface area contributed by atoms with Crippen LogP contribution in [0, 0.1) is 6.92 Å². The second kappa shape index (κ2) is 16.0. The smallest absolute Gasteiger partial charge is 0.254 e. The highest BCUT2D eigenvalue weighted by Crippen LogP contribution is 2.58. The van der Waals surface area contributed by atoms with E-state index in [1.54, 1.807) is 0 Å². The molecule has 0 amide bonds. The molecule has 0 spiro atoms. The van der Waals surface area contributed by atoms with Crippen molar-refractivity contribution in [1.82, 2.24) is 0 Å². The van der Waals surface area contributed by atoms with E-state index < -0.39 is 0 Å². The summed E-state index contributed by atoms with van der Waals surface area (Å²) in [6.07, 6.45) is 7.09. The number of rotatable bonds is 3. The molecule has 2 nitrogen and oxygen atoms in total. The standard InChI is InChI=1S/C71H85BN2S/c1-42-35-52-59(71(18,19)34-33-70(52,16)17)58(43-23-21-20-22-24-43)62(42)74-54-28-25-44(64(2,3)4)36-53(54)72-60-47-40-50-51(69(14,15)32-31-68(50,12)13)41-57(47)75-63(60)73(55-37-45(65(5,6)7)38-56(74)61(55)72)46-26-27-48-49(39-46)67(10,11)30-29-66(48,8)9/h20-28,35-41H,29-34H2,1-19H3. The largest absolute Gasteiger partial charge is 0.311 e. The van der Waals surface area contributed by atoms with Crippen LogP contribution in [0.1, 0.15) is 213 Å². The summed E-state index contributed by atoms with van der Waals surface area (Å²) in [4.78, 5) is 5.57. The normalized spacial score (nSPS) is 20.2. The third kappa shape index (κ3) is 7.58. The van der Waals surface area contributed by atoms with E-state index in [0.717, 1.165) is 6.42 Å². The summed E-state index contributed by atoms with van der Waals surface area (Å²) in [6.45, 7) is 46.9. The fraction of sp³-hybridized carbons (Fsp3) is 0.465. The number of aryl methyl sites for hydroxylation is 1. The van der Waals surface area contributed by atoms with Gasteiger partial charge in [0.1, 0.15) is 0 Å². The molecule has 0 unspecified atom stereocenters. The van der Waals surface area contributed by atoms with Crippen LogP contribution < -0.4 is 26.2 Å². The van der Waals surface area contributed by atoms with Crippen molar-refractivity contribution in [2.24, 2.45) is 0 Å². The number of hydrogen-bond acceptors (Lipinski definition) is 3. The molecule has 3 aliphatic carbocycles. The van der Waals surface area contributed by atoms with Gasteiger partial charge in [0.25, 0.3) is 6.71 Å². The Labute approximate surface area is 456 Å². The van der Waals surface area contributed by atoms with Crippen LogP contribution in [0.2, 0.25) is 0 Å². The minimum absolute atomic E-state index is 0.0109. The molecule has 0 atom stereocenters. The first-order valence-electron chi connectivity index (χ1n) is 28.8. The molecular formula is C71H85BN2S. The van der Waals surface area contributed by atoms with Gasteiger partial charge in [-0.2, -0.15) is 0 Å². The molecule has 4 heteroatoms. The molecule has 75 heavy (non-hydrogen) atoms. The molecule has 388 valence electrons. The van der Waals surface area contributed by atoms with E-state index in [4.69, 9.17) is 0 Å². The van der Waals surface area contributed by atoms with Gasteiger partial charge in [-0.05, 0) is 209 Å². The molecule has 0 saturated carbocycles. The van der Waals surface area contributed by atoms with Gasteiger partial charge < -0.3 is 9.80 Å². The van der Waals surface area contributed by atoms with Gasteiger partial charge >= 0.3 is 0 Å². The Kier molecular flexibility index (Phi) is 10.8. The fourth-order valence-electron chi connectivity index (χ4n) is 14.8. The van der Waals surface area contributed by atoms with E-state index in [-0.39, 0.29) is 50.0 Å². The highest BCUT2D eigenvalue weighted by Gasteiger charge is 2.50. The number of hydrogen-bond donors (Lipinski definition) is 0. The highest BCUT2D eigenvalue weighted by molar-refractivity contribution is 7.26. The van der Waals surface area contributed by atoms with Crippen molar-refractivity contribution in [1.29, 1.82) is 0 Å². The monoisotopic (exact) mass is 1010 g/mol. The Bertz CT molecular complexity index is 3540. The van der Waals surface area contributed by atoms with E-state index in [1.807, 2.05) is 0 Å². The molecule has 1 aromatic heterocycles. The maximum atomic E-state index is 2.80. The first-order valence-corrected chi connectivity index (χ1v) is 29.6. The first kappa shape index (κ1) is 50.7. The number of benzene rings is 6. The third-order valence-electron chi connectivity index (χ3n) is 20.0. The quantitative estimate of drug-likeness (QED) is 0.163. The Morgan fingerprint density at radius 1 is 0.467 bits per heavy atom. The van der Waals surface area contributed by atoms with Crippen molar-refractivity contribution >= 4 is 78.0 Å². The maximum absolute atomic E-state index is 2.80. The molecule has 0 bridgehead atoms. The lowest BCUT2D eigenvalue weighted by Gasteiger charge is -2.48. The van der Waals surface area contributed by atoms with Crippen LogP contribution in [0.3, 0.4) is 0 Å². The molecule has 0 fully saturated rings. The average Bonchev–Trinajstić information content (AvgIpc) is 3.78. The minimum atomic E-state index is -0.133. The van der Waals surface area contributed by atoms with Crippen LogP contribution >= 0.6 is 11.3 Å². The lowest BCUT2D eigenvalue weighted by molar-refractivity contribution is 0.332. The zero-order valence-corrected chi connectivity index (χ0v) is 50.2. The zero-order chi connectivity index (χ0) is 53.7. The van der Waals surface area contributed by atoms with Crippen LogP contribution in [-0.4, -0.2) is 6.71 Å². The van der Waals surface area contributed by atoms with E-state index >= 15 is 0 Å². The molecule has 0 radical (unpaired) electrons. The number of thiophene rings is 1. The number of fused-ring (bicyclic) bond motifs is 9. The van der Waals surface area contributed by atoms with Crippen LogP contribution in [0.25, 0.3) is 21.2 Å². The van der Waals surface area contributed by atoms with Crippen molar-refractivity contribution in [2.45, 2.75) is 213 Å². The van der Waals surface area contributed by atoms with E-state index in [2.05, 4.69) is 250 Å². The van der Waals surface area contributed by atoms with Crippen LogP contribution in [0.15, 0.2) is 97.1 Å². The molecule has 5 aliphatic rings. The van der Waals surface area contributed by atoms with Gasteiger partial charge in [-0.3, -0.25) is 0 Å². The summed E-state index contributed by atoms with van der Waals surface area (Å²) >= 11 is 2.05. The number of anilines is 6. The second-order valence-electron chi connectivity index (χ2n) is 30.3. The molecular weight excluding hydrogens is 924 g/mol. The molecule has 0 saturated heterocycles. The van der Waals surface area contributed by atoms with E-state index in [1.165, 1.54) is 153 Å². The average molecular weight is 1010 g/mol. The summed E-state index contributed by atoms with van der Waals surface area (Å²) in [5.74, 6) is 0. The Morgan fingerprint density at radius 3 is 1.60 bits per heavy atom. The lowest BCUT2D eigenvalue weighted by Crippen LogP contribution is -2.61. The first-order chi connectivity index (χ1) is 34.8. The van der Waals surface area contributed by atoms with Crippen molar-refractivity contribution in [3.8, 4) is 11.1 Å². The van der Waals surface area contributed by atoms with Gasteiger partial charge in [0.2, 0.25) is 0 Å². The van der Waals surface area contributed by atoms with Crippen molar-refractivity contribution in [3.63, 3.8) is 0 Å². The molecule has 12 rings (SSSR count). The second-order valence-corrected chi connectivity index (χ2v) is 31.3. The van der Waals surface area contributed by atoms with Gasteiger partial charge in [0.15, 0.2) is 0 Å². The van der Waals surface area contributed by atoms with Crippen molar-refractivity contribution < 1.29 is 0 Å². The lowest BCUT2D eigenvalue weighted by atomic mass is 9.33. The van der Waals surface area contributed by atoms with Crippen LogP contribution in [0.5, 0.6) is 0 Å². The molecule has 7 aromatic rings. The van der Waals surface area contributed by atoms with Gasteiger partial charge in [-0.1, -0.05) is 179 Å². The number of nitrogens with zero attached hydrogens (tertiary/aromatic N) is 2. The highest BCUT2D eigenvalue weighted by atomic mass is 32.1. The van der Waals surface area contributed by atoms with Gasteiger partial charge in [-0.15, -0.1) is 11.3 Å². The summed E-state index contributed by atoms with van der Waals surface area (Å²) in [6, 6.07) is 40.1. The molecule has 0 N–H and O–H groups in total. The van der Waals surface area contributed by atoms with Crippen LogP contribution in [0.4, 0.5) is 33.4 Å². The minimum Gasteiger partial charge on any atom is -0.311 e. The third-order valence-corrected chi connectivity index (χ3v) is 21.2. The van der Waals surface area contributed by atoms with E-state index in [9.17, 15) is 0 Å². The molecule has 2 aliphatic heterocycles. The fourth-order valence-corrected chi connectivity index (χ4v) is 16.1. The van der Waals surface area contributed by atoms with Crippen molar-refractivity contribution in [2.75, 3.05) is 9.80 Å². The summed E-state index contributed by atoms with van der Waals surface area (Å²) in [5.41, 5.74) is 27.0. The van der Waals surface area contributed by atoms with E-state index in [0.29, 0.717) is 0 Å². The van der Waals surface area contributed by atoms with Crippen LogP contribution in [-0.2, 0) is 43.3 Å². The predicted octanol–water partition coefficient (Wildman–Crippen LogP) is 18.6. The van der Waals surface area contributed by atoms with Crippen molar-refractivity contribution in [3.05, 3.63) is 147 Å². The Morgan fingerprint density at radius 2 is 1.00 bits per heavy atom. The Balaban J connectivity index is 1.27. The topological polar surface area (TPSA) is 6.48 Å². The summed E-state index contributed by atoms with van der Waals surface area (Å²) in [7, 11) is 0. The van der Waals surface area contributed by atoms with Gasteiger partial charge in [0.05, 0.1) is 10.7 Å². The summed E-state index contributed by atoms with van der Waals surface area (Å²) in [5, 5.41) is 2.81. The SMILES string of the molecule is Cc1cc2c(c(-c3ccccc3)c1N1c3ccc(C(C)(C)C)cc3B3c4c(cc(C(C)(C)C)cc41)N(c1ccc4c(c1)C(C)(C)CCC4(C)C)c1sc4cc5c(cc4c13)C(C)(C)CCC5(C)C)C(C)(C)CCC2(C)C. The molecule has 3 heterocycles. The molecule has 6 aromatic carbocycles.